The van der Waals surface area contributed by atoms with Crippen LogP contribution < -0.4 is 5.32 Å². The number of amides is 3. The number of rotatable bonds is 5. The number of hydrogen-bond acceptors (Lipinski definition) is 4. The fourth-order valence-corrected chi connectivity index (χ4v) is 3.16. The Labute approximate surface area is 153 Å². The largest absolute Gasteiger partial charge is 0.326 e. The summed E-state index contributed by atoms with van der Waals surface area (Å²) in [5, 5.41) is 13.8. The second kappa shape index (κ2) is 8.64. The van der Waals surface area contributed by atoms with Gasteiger partial charge >= 0.3 is 6.03 Å². The molecule has 0 spiro atoms. The molecular formula is C18H26N4O4. The predicted octanol–water partition coefficient (Wildman–Crippen LogP) is 3.02. The third-order valence-corrected chi connectivity index (χ3v) is 4.84. The van der Waals surface area contributed by atoms with Crippen LogP contribution in [0.15, 0.2) is 18.2 Å². The number of nitro groups is 1. The maximum absolute atomic E-state index is 12.5. The van der Waals surface area contributed by atoms with Crippen molar-refractivity contribution in [2.45, 2.75) is 33.6 Å². The predicted molar refractivity (Wildman–Crippen MR) is 99.1 cm³/mol. The van der Waals surface area contributed by atoms with E-state index in [2.05, 4.69) is 5.32 Å². The number of carbonyl (C=O) groups excluding carboxylic acids is 2. The number of urea groups is 1. The number of piperidine rings is 1. The molecule has 0 aromatic heterocycles. The van der Waals surface area contributed by atoms with Gasteiger partial charge in [-0.25, -0.2) is 4.79 Å². The van der Waals surface area contributed by atoms with Crippen LogP contribution in [0.3, 0.4) is 0 Å². The minimum absolute atomic E-state index is 0.0116. The van der Waals surface area contributed by atoms with E-state index in [9.17, 15) is 19.7 Å². The number of nitrogens with zero attached hydrogens (tertiary/aromatic N) is 3. The third-order valence-electron chi connectivity index (χ3n) is 4.84. The maximum atomic E-state index is 12.5. The zero-order valence-corrected chi connectivity index (χ0v) is 15.5. The smallest absolute Gasteiger partial charge is 0.319 e. The van der Waals surface area contributed by atoms with Crippen molar-refractivity contribution < 1.29 is 14.5 Å². The van der Waals surface area contributed by atoms with E-state index >= 15 is 0 Å². The van der Waals surface area contributed by atoms with Crippen molar-refractivity contribution in [3.8, 4) is 0 Å². The Balaban J connectivity index is 1.94. The highest BCUT2D eigenvalue weighted by Crippen LogP contribution is 2.24. The molecule has 1 aliphatic rings. The molecule has 1 aliphatic heterocycles. The van der Waals surface area contributed by atoms with E-state index in [1.54, 1.807) is 28.9 Å². The normalized spacial score (nSPS) is 14.8. The quantitative estimate of drug-likeness (QED) is 0.643. The van der Waals surface area contributed by atoms with Gasteiger partial charge in [0.25, 0.3) is 5.69 Å². The van der Waals surface area contributed by atoms with Crippen LogP contribution in [-0.4, -0.2) is 52.8 Å². The van der Waals surface area contributed by atoms with Gasteiger partial charge in [0.15, 0.2) is 0 Å². The molecule has 0 radical (unpaired) electrons. The second-order valence-corrected chi connectivity index (χ2v) is 6.46. The summed E-state index contributed by atoms with van der Waals surface area (Å²) in [7, 11) is 0. The lowest BCUT2D eigenvalue weighted by Gasteiger charge is -2.34. The molecule has 2 rings (SSSR count). The monoisotopic (exact) mass is 362 g/mol. The van der Waals surface area contributed by atoms with E-state index in [1.807, 2.05) is 13.8 Å². The molecule has 1 N–H and O–H groups in total. The number of nitrogens with one attached hydrogen (secondary N) is 1. The van der Waals surface area contributed by atoms with Gasteiger partial charge in [-0.15, -0.1) is 0 Å². The number of carbonyl (C=O) groups is 2. The molecule has 1 aromatic rings. The minimum Gasteiger partial charge on any atom is -0.326 e. The molecule has 0 atom stereocenters. The first kappa shape index (κ1) is 19.7. The van der Waals surface area contributed by atoms with Gasteiger partial charge < -0.3 is 15.1 Å². The highest BCUT2D eigenvalue weighted by molar-refractivity contribution is 5.93. The summed E-state index contributed by atoms with van der Waals surface area (Å²) >= 11 is 0. The van der Waals surface area contributed by atoms with Crippen LogP contribution in [0.5, 0.6) is 0 Å². The van der Waals surface area contributed by atoms with Gasteiger partial charge in [0, 0.05) is 49.4 Å². The summed E-state index contributed by atoms with van der Waals surface area (Å²) < 4.78 is 0. The van der Waals surface area contributed by atoms with Gasteiger partial charge in [-0.05, 0) is 39.7 Å². The highest BCUT2D eigenvalue weighted by Gasteiger charge is 2.29. The number of nitro benzene ring substituents is 1. The molecule has 8 nitrogen and oxygen atoms in total. The molecule has 0 aliphatic carbocycles. The molecule has 0 bridgehead atoms. The second-order valence-electron chi connectivity index (χ2n) is 6.46. The molecule has 142 valence electrons. The molecule has 0 saturated carbocycles. The molecule has 0 unspecified atom stereocenters. The first-order valence-electron chi connectivity index (χ1n) is 8.97. The van der Waals surface area contributed by atoms with E-state index in [0.29, 0.717) is 50.3 Å². The van der Waals surface area contributed by atoms with Gasteiger partial charge in [0.2, 0.25) is 5.91 Å². The van der Waals surface area contributed by atoms with Crippen molar-refractivity contribution in [1.82, 2.24) is 9.80 Å². The van der Waals surface area contributed by atoms with E-state index in [4.69, 9.17) is 0 Å². The van der Waals surface area contributed by atoms with Crippen LogP contribution in [0.2, 0.25) is 0 Å². The van der Waals surface area contributed by atoms with Crippen LogP contribution >= 0.6 is 0 Å². The summed E-state index contributed by atoms with van der Waals surface area (Å²) in [6.45, 7) is 7.98. The topological polar surface area (TPSA) is 95.8 Å². The number of hydrogen-bond donors (Lipinski definition) is 1. The van der Waals surface area contributed by atoms with E-state index < -0.39 is 4.92 Å². The molecule has 26 heavy (non-hydrogen) atoms. The average molecular weight is 362 g/mol. The van der Waals surface area contributed by atoms with Crippen LogP contribution in [0.4, 0.5) is 16.2 Å². The lowest BCUT2D eigenvalue weighted by molar-refractivity contribution is -0.385. The molecule has 1 aromatic carbocycles. The Morgan fingerprint density at radius 1 is 1.27 bits per heavy atom. The number of likely N-dealkylation sites (tertiary alicyclic amines) is 1. The first-order valence-corrected chi connectivity index (χ1v) is 8.97. The average Bonchev–Trinajstić information content (AvgIpc) is 2.64. The zero-order valence-electron chi connectivity index (χ0n) is 15.5. The van der Waals surface area contributed by atoms with Crippen LogP contribution in [0.25, 0.3) is 0 Å². The summed E-state index contributed by atoms with van der Waals surface area (Å²) in [6, 6.07) is 4.69. The van der Waals surface area contributed by atoms with Crippen molar-refractivity contribution in [2.75, 3.05) is 31.5 Å². The minimum atomic E-state index is -0.456. The van der Waals surface area contributed by atoms with Gasteiger partial charge in [0.05, 0.1) is 4.92 Å². The van der Waals surface area contributed by atoms with Gasteiger partial charge in [-0.2, -0.15) is 0 Å². The number of anilines is 1. The Bertz CT molecular complexity index is 680. The van der Waals surface area contributed by atoms with Crippen molar-refractivity contribution in [1.29, 1.82) is 0 Å². The van der Waals surface area contributed by atoms with Crippen molar-refractivity contribution in [3.63, 3.8) is 0 Å². The third kappa shape index (κ3) is 4.50. The summed E-state index contributed by atoms with van der Waals surface area (Å²) in [4.78, 5) is 38.9. The zero-order chi connectivity index (χ0) is 19.3. The standard InChI is InChI=1S/C18H26N4O4/c1-4-20(5-2)18(24)21-10-8-14(9-11-21)17(23)19-15-7-6-13(3)16(12-15)22(25)26/h6-7,12,14H,4-5,8-11H2,1-3H3,(H,19,23). The van der Waals surface area contributed by atoms with Crippen LogP contribution in [0, 0.1) is 23.0 Å². The molecule has 3 amide bonds. The molecule has 1 heterocycles. The van der Waals surface area contributed by atoms with Gasteiger partial charge in [-0.3, -0.25) is 14.9 Å². The van der Waals surface area contributed by atoms with Gasteiger partial charge in [0.1, 0.15) is 0 Å². The first-order chi connectivity index (χ1) is 12.4. The maximum Gasteiger partial charge on any atom is 0.319 e. The lowest BCUT2D eigenvalue weighted by Crippen LogP contribution is -2.47. The van der Waals surface area contributed by atoms with Crippen molar-refractivity contribution in [3.05, 3.63) is 33.9 Å². The van der Waals surface area contributed by atoms with E-state index in [0.717, 1.165) is 0 Å². The highest BCUT2D eigenvalue weighted by atomic mass is 16.6. The van der Waals surface area contributed by atoms with Gasteiger partial charge in [-0.1, -0.05) is 6.07 Å². The Morgan fingerprint density at radius 3 is 2.42 bits per heavy atom. The van der Waals surface area contributed by atoms with E-state index in [-0.39, 0.29) is 23.5 Å². The lowest BCUT2D eigenvalue weighted by atomic mass is 9.96. The Kier molecular flexibility index (Phi) is 6.54. The fourth-order valence-electron chi connectivity index (χ4n) is 3.16. The molecule has 1 fully saturated rings. The van der Waals surface area contributed by atoms with Crippen molar-refractivity contribution >= 4 is 23.3 Å². The number of benzene rings is 1. The molecule has 1 saturated heterocycles. The summed E-state index contributed by atoms with van der Waals surface area (Å²) in [5.41, 5.74) is 0.965. The van der Waals surface area contributed by atoms with E-state index in [1.165, 1.54) is 6.07 Å². The Morgan fingerprint density at radius 2 is 1.88 bits per heavy atom. The summed E-state index contributed by atoms with van der Waals surface area (Å²) in [6.07, 6.45) is 1.18. The summed E-state index contributed by atoms with van der Waals surface area (Å²) in [5.74, 6) is -0.353. The SMILES string of the molecule is CCN(CC)C(=O)N1CCC(C(=O)Nc2ccc(C)c([N+](=O)[O-])c2)CC1. The van der Waals surface area contributed by atoms with Crippen LogP contribution in [0.1, 0.15) is 32.3 Å². The molecule has 8 heteroatoms. The number of aryl methyl sites for hydroxylation is 1. The molecular weight excluding hydrogens is 336 g/mol. The van der Waals surface area contributed by atoms with Crippen LogP contribution in [-0.2, 0) is 4.79 Å². The van der Waals surface area contributed by atoms with Crippen molar-refractivity contribution in [2.24, 2.45) is 5.92 Å². The fraction of sp³-hybridized carbons (Fsp3) is 0.556. The Hall–Kier alpha value is -2.64.